The Morgan fingerprint density at radius 3 is 2.78 bits per heavy atom. The van der Waals surface area contributed by atoms with Crippen molar-refractivity contribution in [2.45, 2.75) is 12.6 Å². The van der Waals surface area contributed by atoms with E-state index < -0.39 is 6.10 Å². The summed E-state index contributed by atoms with van der Waals surface area (Å²) in [6.07, 6.45) is -0.608. The van der Waals surface area contributed by atoms with E-state index >= 15 is 0 Å². The van der Waals surface area contributed by atoms with E-state index in [1.165, 1.54) is 0 Å². The van der Waals surface area contributed by atoms with E-state index in [2.05, 4.69) is 15.5 Å². The SMILES string of the molecule is CNC(=O)[C@@H]1CN(Cc2nnc(-c3ccc(Cl)cc3)o2)c2ccccc2O1. The van der Waals surface area contributed by atoms with Gasteiger partial charge in [0.05, 0.1) is 18.8 Å². The third-order valence-corrected chi connectivity index (χ3v) is 4.54. The normalized spacial score (nSPS) is 15.8. The van der Waals surface area contributed by atoms with Gasteiger partial charge in [-0.3, -0.25) is 4.79 Å². The van der Waals surface area contributed by atoms with E-state index in [4.69, 9.17) is 20.8 Å². The number of fused-ring (bicyclic) bond motifs is 1. The van der Waals surface area contributed by atoms with Gasteiger partial charge in [0.15, 0.2) is 6.10 Å². The smallest absolute Gasteiger partial charge is 0.262 e. The van der Waals surface area contributed by atoms with Gasteiger partial charge >= 0.3 is 0 Å². The average Bonchev–Trinajstić information content (AvgIpc) is 3.16. The monoisotopic (exact) mass is 384 g/mol. The van der Waals surface area contributed by atoms with Gasteiger partial charge in [0, 0.05) is 17.6 Å². The highest BCUT2D eigenvalue weighted by Gasteiger charge is 2.31. The molecule has 2 aromatic carbocycles. The van der Waals surface area contributed by atoms with Gasteiger partial charge in [0.25, 0.3) is 5.91 Å². The van der Waals surface area contributed by atoms with Crippen molar-refractivity contribution in [2.24, 2.45) is 0 Å². The number of para-hydroxylation sites is 2. The number of likely N-dealkylation sites (N-methyl/N-ethyl adjacent to an activating group) is 1. The standard InChI is InChI=1S/C19H17ClN4O3/c1-21-18(25)16-10-24(14-4-2-3-5-15(14)26-16)11-17-22-23-19(27-17)12-6-8-13(20)9-7-12/h2-9,16H,10-11H2,1H3,(H,21,25)/t16-/m0/s1. The van der Waals surface area contributed by atoms with E-state index in [0.29, 0.717) is 35.6 Å². The lowest BCUT2D eigenvalue weighted by atomic mass is 10.2. The molecule has 0 radical (unpaired) electrons. The molecule has 0 unspecified atom stereocenters. The number of nitrogens with zero attached hydrogens (tertiary/aromatic N) is 3. The Morgan fingerprint density at radius 2 is 2.00 bits per heavy atom. The number of halogens is 1. The van der Waals surface area contributed by atoms with Gasteiger partial charge < -0.3 is 19.4 Å². The topological polar surface area (TPSA) is 80.5 Å². The molecule has 1 amide bonds. The molecule has 0 saturated heterocycles. The number of ether oxygens (including phenoxy) is 1. The summed E-state index contributed by atoms with van der Waals surface area (Å²) >= 11 is 5.91. The molecule has 0 saturated carbocycles. The third-order valence-electron chi connectivity index (χ3n) is 4.28. The van der Waals surface area contributed by atoms with Crippen molar-refractivity contribution in [2.75, 3.05) is 18.5 Å². The first-order valence-electron chi connectivity index (χ1n) is 8.44. The van der Waals surface area contributed by atoms with Crippen LogP contribution in [0.25, 0.3) is 11.5 Å². The number of aromatic nitrogens is 2. The fraction of sp³-hybridized carbons (Fsp3) is 0.211. The van der Waals surface area contributed by atoms with Crippen molar-refractivity contribution in [1.82, 2.24) is 15.5 Å². The average molecular weight is 385 g/mol. The van der Waals surface area contributed by atoms with Gasteiger partial charge in [-0.15, -0.1) is 10.2 Å². The number of rotatable bonds is 4. The maximum atomic E-state index is 12.1. The Hall–Kier alpha value is -3.06. The molecular formula is C19H17ClN4O3. The number of carbonyl (C=O) groups is 1. The fourth-order valence-electron chi connectivity index (χ4n) is 2.94. The number of benzene rings is 2. The minimum absolute atomic E-state index is 0.179. The number of hydrogen-bond acceptors (Lipinski definition) is 6. The molecule has 0 aliphatic carbocycles. The molecular weight excluding hydrogens is 368 g/mol. The number of anilines is 1. The number of hydrogen-bond donors (Lipinski definition) is 1. The molecule has 1 aromatic heterocycles. The second kappa shape index (κ2) is 7.28. The molecule has 1 aliphatic rings. The van der Waals surface area contributed by atoms with E-state index in [-0.39, 0.29) is 5.91 Å². The summed E-state index contributed by atoms with van der Waals surface area (Å²) in [5.41, 5.74) is 1.67. The highest BCUT2D eigenvalue weighted by Crippen LogP contribution is 2.34. The third kappa shape index (κ3) is 3.59. The maximum absolute atomic E-state index is 12.1. The van der Waals surface area contributed by atoms with Crippen LogP contribution in [-0.2, 0) is 11.3 Å². The van der Waals surface area contributed by atoms with Crippen LogP contribution < -0.4 is 15.0 Å². The lowest BCUT2D eigenvalue weighted by Crippen LogP contribution is -2.48. The second-order valence-electron chi connectivity index (χ2n) is 6.08. The van der Waals surface area contributed by atoms with Gasteiger partial charge in [-0.2, -0.15) is 0 Å². The largest absolute Gasteiger partial charge is 0.477 e. The van der Waals surface area contributed by atoms with Crippen LogP contribution in [0.1, 0.15) is 5.89 Å². The molecule has 8 heteroatoms. The van der Waals surface area contributed by atoms with Gasteiger partial charge in [0.1, 0.15) is 5.75 Å². The quantitative estimate of drug-likeness (QED) is 0.745. The van der Waals surface area contributed by atoms with E-state index in [0.717, 1.165) is 11.3 Å². The van der Waals surface area contributed by atoms with E-state index in [1.807, 2.05) is 41.3 Å². The van der Waals surface area contributed by atoms with Gasteiger partial charge in [-0.1, -0.05) is 23.7 Å². The van der Waals surface area contributed by atoms with Crippen molar-refractivity contribution in [3.8, 4) is 17.2 Å². The first-order valence-corrected chi connectivity index (χ1v) is 8.82. The first-order chi connectivity index (χ1) is 13.1. The minimum Gasteiger partial charge on any atom is -0.477 e. The highest BCUT2D eigenvalue weighted by molar-refractivity contribution is 6.30. The Bertz CT molecular complexity index is 958. The van der Waals surface area contributed by atoms with Crippen LogP contribution in [-0.4, -0.2) is 35.8 Å². The molecule has 1 atom stereocenters. The molecule has 0 fully saturated rings. The molecule has 1 N–H and O–H groups in total. The highest BCUT2D eigenvalue weighted by atomic mass is 35.5. The Kier molecular flexibility index (Phi) is 4.68. The summed E-state index contributed by atoms with van der Waals surface area (Å²) in [7, 11) is 1.59. The van der Waals surface area contributed by atoms with Gasteiger partial charge in [0.2, 0.25) is 11.8 Å². The van der Waals surface area contributed by atoms with E-state index in [9.17, 15) is 4.79 Å². The lowest BCUT2D eigenvalue weighted by molar-refractivity contribution is -0.127. The zero-order valence-electron chi connectivity index (χ0n) is 14.6. The molecule has 7 nitrogen and oxygen atoms in total. The summed E-state index contributed by atoms with van der Waals surface area (Å²) in [4.78, 5) is 14.1. The Balaban J connectivity index is 1.58. The van der Waals surface area contributed by atoms with Crippen LogP contribution in [0, 0.1) is 0 Å². The van der Waals surface area contributed by atoms with Crippen molar-refractivity contribution < 1.29 is 13.9 Å². The van der Waals surface area contributed by atoms with Crippen molar-refractivity contribution >= 4 is 23.2 Å². The zero-order chi connectivity index (χ0) is 18.8. The number of carbonyl (C=O) groups excluding carboxylic acids is 1. The van der Waals surface area contributed by atoms with Crippen LogP contribution >= 0.6 is 11.6 Å². The van der Waals surface area contributed by atoms with E-state index in [1.54, 1.807) is 19.2 Å². The van der Waals surface area contributed by atoms with Gasteiger partial charge in [-0.25, -0.2) is 0 Å². The minimum atomic E-state index is -0.608. The van der Waals surface area contributed by atoms with Crippen LogP contribution in [0.15, 0.2) is 52.9 Å². The molecule has 4 rings (SSSR count). The summed E-state index contributed by atoms with van der Waals surface area (Å²) in [5, 5.41) is 11.5. The number of nitrogens with one attached hydrogen (secondary N) is 1. The van der Waals surface area contributed by atoms with Crippen LogP contribution in [0.5, 0.6) is 5.75 Å². The Labute approximate surface area is 160 Å². The van der Waals surface area contributed by atoms with Crippen LogP contribution in [0.3, 0.4) is 0 Å². The molecule has 0 bridgehead atoms. The summed E-state index contributed by atoms with van der Waals surface area (Å²) < 4.78 is 11.6. The second-order valence-corrected chi connectivity index (χ2v) is 6.51. The molecule has 27 heavy (non-hydrogen) atoms. The predicted molar refractivity (Wildman–Crippen MR) is 101 cm³/mol. The van der Waals surface area contributed by atoms with Crippen molar-refractivity contribution in [3.63, 3.8) is 0 Å². The Morgan fingerprint density at radius 1 is 1.22 bits per heavy atom. The van der Waals surface area contributed by atoms with Crippen molar-refractivity contribution in [3.05, 3.63) is 59.4 Å². The predicted octanol–water partition coefficient (Wildman–Crippen LogP) is 2.90. The first kappa shape index (κ1) is 17.4. The molecule has 138 valence electrons. The van der Waals surface area contributed by atoms with Crippen LogP contribution in [0.2, 0.25) is 5.02 Å². The summed E-state index contributed by atoms with van der Waals surface area (Å²) in [5.74, 6) is 1.34. The molecule has 2 heterocycles. The fourth-order valence-corrected chi connectivity index (χ4v) is 3.07. The maximum Gasteiger partial charge on any atom is 0.262 e. The summed E-state index contributed by atoms with van der Waals surface area (Å²) in [6.45, 7) is 0.754. The zero-order valence-corrected chi connectivity index (χ0v) is 15.3. The van der Waals surface area contributed by atoms with Gasteiger partial charge in [-0.05, 0) is 36.4 Å². The molecule has 1 aliphatic heterocycles. The van der Waals surface area contributed by atoms with Crippen molar-refractivity contribution in [1.29, 1.82) is 0 Å². The lowest BCUT2D eigenvalue weighted by Gasteiger charge is -2.34. The number of amides is 1. The molecule has 0 spiro atoms. The molecule has 3 aromatic rings. The van der Waals surface area contributed by atoms with Crippen LogP contribution in [0.4, 0.5) is 5.69 Å². The summed E-state index contributed by atoms with van der Waals surface area (Å²) in [6, 6.07) is 14.8.